The summed E-state index contributed by atoms with van der Waals surface area (Å²) < 4.78 is 45.4. The standard InChI is InChI=1S/C14H12F3NO/c15-9-5-6-12(17)13(7-9)19-14(8-18)10-3-1-2-4-11(10)16/h1-7,14H,8,18H2. The summed E-state index contributed by atoms with van der Waals surface area (Å²) >= 11 is 0. The average molecular weight is 267 g/mol. The maximum Gasteiger partial charge on any atom is 0.165 e. The van der Waals surface area contributed by atoms with E-state index >= 15 is 0 Å². The van der Waals surface area contributed by atoms with E-state index in [4.69, 9.17) is 10.5 Å². The van der Waals surface area contributed by atoms with Crippen molar-refractivity contribution >= 4 is 0 Å². The molecule has 5 heteroatoms. The van der Waals surface area contributed by atoms with Gasteiger partial charge in [-0.3, -0.25) is 0 Å². The van der Waals surface area contributed by atoms with Gasteiger partial charge < -0.3 is 10.5 Å². The minimum atomic E-state index is -0.877. The van der Waals surface area contributed by atoms with Gasteiger partial charge in [0.05, 0.1) is 0 Å². The first-order chi connectivity index (χ1) is 9.11. The van der Waals surface area contributed by atoms with Crippen LogP contribution in [-0.4, -0.2) is 6.54 Å². The van der Waals surface area contributed by atoms with Gasteiger partial charge in [0.1, 0.15) is 17.7 Å². The zero-order valence-electron chi connectivity index (χ0n) is 9.95. The Bertz CT molecular complexity index is 574. The largest absolute Gasteiger partial charge is 0.481 e. The summed E-state index contributed by atoms with van der Waals surface area (Å²) in [5.74, 6) is -2.16. The molecule has 0 saturated carbocycles. The molecule has 0 amide bonds. The third-order valence-electron chi connectivity index (χ3n) is 2.63. The number of hydrogen-bond donors (Lipinski definition) is 1. The molecule has 100 valence electrons. The van der Waals surface area contributed by atoms with Crippen LogP contribution in [0.4, 0.5) is 13.2 Å². The fourth-order valence-corrected chi connectivity index (χ4v) is 1.70. The summed E-state index contributed by atoms with van der Waals surface area (Å²) in [6.45, 7) is -0.0586. The molecular formula is C14H12F3NO. The predicted molar refractivity (Wildman–Crippen MR) is 65.2 cm³/mol. The van der Waals surface area contributed by atoms with E-state index < -0.39 is 23.6 Å². The highest BCUT2D eigenvalue weighted by molar-refractivity contribution is 5.27. The number of benzene rings is 2. The van der Waals surface area contributed by atoms with Gasteiger partial charge in [-0.05, 0) is 18.2 Å². The van der Waals surface area contributed by atoms with Crippen LogP contribution in [0.25, 0.3) is 0 Å². The zero-order valence-corrected chi connectivity index (χ0v) is 9.95. The molecule has 0 aliphatic rings. The van der Waals surface area contributed by atoms with Crippen LogP contribution in [-0.2, 0) is 0 Å². The Hall–Kier alpha value is -2.01. The van der Waals surface area contributed by atoms with Gasteiger partial charge in [0, 0.05) is 18.2 Å². The first-order valence-corrected chi connectivity index (χ1v) is 5.68. The fourth-order valence-electron chi connectivity index (χ4n) is 1.70. The van der Waals surface area contributed by atoms with E-state index in [1.165, 1.54) is 18.2 Å². The minimum Gasteiger partial charge on any atom is -0.481 e. The Kier molecular flexibility index (Phi) is 4.06. The molecule has 2 rings (SSSR count). The Balaban J connectivity index is 2.29. The molecule has 2 N–H and O–H groups in total. The van der Waals surface area contributed by atoms with Crippen molar-refractivity contribution in [1.82, 2.24) is 0 Å². The SMILES string of the molecule is NCC(Oc1cc(F)ccc1F)c1ccccc1F. The first-order valence-electron chi connectivity index (χ1n) is 5.68. The maximum atomic E-state index is 13.6. The lowest BCUT2D eigenvalue weighted by Gasteiger charge is -2.18. The Labute approximate surface area is 108 Å². The summed E-state index contributed by atoms with van der Waals surface area (Å²) in [6.07, 6.45) is -0.877. The van der Waals surface area contributed by atoms with Crippen LogP contribution in [0, 0.1) is 17.5 Å². The molecule has 2 aromatic carbocycles. The second-order valence-electron chi connectivity index (χ2n) is 3.94. The molecule has 0 aliphatic carbocycles. The number of nitrogens with two attached hydrogens (primary N) is 1. The summed E-state index contributed by atoms with van der Waals surface area (Å²) in [5, 5.41) is 0. The molecule has 0 spiro atoms. The van der Waals surface area contributed by atoms with E-state index in [2.05, 4.69) is 0 Å². The van der Waals surface area contributed by atoms with Crippen LogP contribution in [0.1, 0.15) is 11.7 Å². The molecule has 19 heavy (non-hydrogen) atoms. The maximum absolute atomic E-state index is 13.6. The van der Waals surface area contributed by atoms with Crippen molar-refractivity contribution < 1.29 is 17.9 Å². The molecule has 0 saturated heterocycles. The second kappa shape index (κ2) is 5.75. The van der Waals surface area contributed by atoms with Crippen LogP contribution in [0.3, 0.4) is 0 Å². The highest BCUT2D eigenvalue weighted by atomic mass is 19.1. The molecule has 0 heterocycles. The van der Waals surface area contributed by atoms with Gasteiger partial charge in [0.25, 0.3) is 0 Å². The fraction of sp³-hybridized carbons (Fsp3) is 0.143. The summed E-state index contributed by atoms with van der Waals surface area (Å²) in [7, 11) is 0. The van der Waals surface area contributed by atoms with Gasteiger partial charge in [-0.25, -0.2) is 13.2 Å². The summed E-state index contributed by atoms with van der Waals surface area (Å²) in [4.78, 5) is 0. The lowest BCUT2D eigenvalue weighted by Crippen LogP contribution is -2.20. The van der Waals surface area contributed by atoms with E-state index in [1.807, 2.05) is 0 Å². The molecular weight excluding hydrogens is 255 g/mol. The van der Waals surface area contributed by atoms with E-state index in [1.54, 1.807) is 6.07 Å². The molecule has 2 aromatic rings. The van der Waals surface area contributed by atoms with Gasteiger partial charge in [0.2, 0.25) is 0 Å². The number of hydrogen-bond acceptors (Lipinski definition) is 2. The predicted octanol–water partition coefficient (Wildman–Crippen LogP) is 3.18. The highest BCUT2D eigenvalue weighted by Crippen LogP contribution is 2.26. The average Bonchev–Trinajstić information content (AvgIpc) is 2.41. The highest BCUT2D eigenvalue weighted by Gasteiger charge is 2.17. The van der Waals surface area contributed by atoms with Crippen molar-refractivity contribution in [2.75, 3.05) is 6.54 Å². The van der Waals surface area contributed by atoms with Gasteiger partial charge in [0.15, 0.2) is 11.6 Å². The van der Waals surface area contributed by atoms with Gasteiger partial charge in [-0.2, -0.15) is 0 Å². The van der Waals surface area contributed by atoms with Crippen molar-refractivity contribution in [3.63, 3.8) is 0 Å². The first kappa shape index (κ1) is 13.4. The minimum absolute atomic E-state index is 0.0586. The smallest absolute Gasteiger partial charge is 0.165 e. The van der Waals surface area contributed by atoms with Gasteiger partial charge >= 0.3 is 0 Å². The summed E-state index contributed by atoms with van der Waals surface area (Å²) in [5.41, 5.74) is 5.70. The Morgan fingerprint density at radius 3 is 2.42 bits per heavy atom. The van der Waals surface area contributed by atoms with Gasteiger partial charge in [-0.1, -0.05) is 18.2 Å². The zero-order chi connectivity index (χ0) is 13.8. The van der Waals surface area contributed by atoms with Crippen LogP contribution in [0.5, 0.6) is 5.75 Å². The molecule has 1 unspecified atom stereocenters. The molecule has 1 atom stereocenters. The van der Waals surface area contributed by atoms with Crippen molar-refractivity contribution in [2.45, 2.75) is 6.10 Å². The second-order valence-corrected chi connectivity index (χ2v) is 3.94. The van der Waals surface area contributed by atoms with Crippen molar-refractivity contribution in [2.24, 2.45) is 5.73 Å². The lowest BCUT2D eigenvalue weighted by molar-refractivity contribution is 0.198. The molecule has 0 aliphatic heterocycles. The number of ether oxygens (including phenoxy) is 1. The van der Waals surface area contributed by atoms with Crippen molar-refractivity contribution in [1.29, 1.82) is 0 Å². The van der Waals surface area contributed by atoms with Crippen molar-refractivity contribution in [3.8, 4) is 5.75 Å². The Morgan fingerprint density at radius 2 is 1.74 bits per heavy atom. The Morgan fingerprint density at radius 1 is 1.00 bits per heavy atom. The lowest BCUT2D eigenvalue weighted by atomic mass is 10.1. The molecule has 0 fully saturated rings. The number of rotatable bonds is 4. The van der Waals surface area contributed by atoms with Crippen LogP contribution >= 0.6 is 0 Å². The third-order valence-corrected chi connectivity index (χ3v) is 2.63. The van der Waals surface area contributed by atoms with Crippen LogP contribution in [0.2, 0.25) is 0 Å². The quantitative estimate of drug-likeness (QED) is 0.923. The molecule has 0 radical (unpaired) electrons. The van der Waals surface area contributed by atoms with Gasteiger partial charge in [-0.15, -0.1) is 0 Å². The van der Waals surface area contributed by atoms with Crippen LogP contribution < -0.4 is 10.5 Å². The van der Waals surface area contributed by atoms with E-state index in [-0.39, 0.29) is 17.9 Å². The van der Waals surface area contributed by atoms with E-state index in [0.717, 1.165) is 18.2 Å². The topological polar surface area (TPSA) is 35.2 Å². The van der Waals surface area contributed by atoms with E-state index in [9.17, 15) is 13.2 Å². The molecule has 2 nitrogen and oxygen atoms in total. The third kappa shape index (κ3) is 3.06. The van der Waals surface area contributed by atoms with Crippen LogP contribution in [0.15, 0.2) is 42.5 Å². The summed E-state index contributed by atoms with van der Waals surface area (Å²) in [6, 6.07) is 8.70. The monoisotopic (exact) mass is 267 g/mol. The molecule has 0 aromatic heterocycles. The van der Waals surface area contributed by atoms with E-state index in [0.29, 0.717) is 0 Å². The molecule has 0 bridgehead atoms. The number of halogens is 3. The van der Waals surface area contributed by atoms with Crippen molar-refractivity contribution in [3.05, 3.63) is 65.5 Å². The normalized spacial score (nSPS) is 12.2.